The summed E-state index contributed by atoms with van der Waals surface area (Å²) in [6.45, 7) is 10.0. The number of hydrogen-bond donors (Lipinski definition) is 0. The first kappa shape index (κ1) is 12.7. The van der Waals surface area contributed by atoms with Gasteiger partial charge in [0.05, 0.1) is 12.0 Å². The van der Waals surface area contributed by atoms with E-state index in [1.54, 1.807) is 6.92 Å². The van der Waals surface area contributed by atoms with Gasteiger partial charge in [0.15, 0.2) is 0 Å². The highest BCUT2D eigenvalue weighted by Gasteiger charge is 2.47. The van der Waals surface area contributed by atoms with Crippen molar-refractivity contribution in [3.63, 3.8) is 0 Å². The van der Waals surface area contributed by atoms with E-state index in [1.165, 1.54) is 4.90 Å². The first-order valence-corrected chi connectivity index (χ1v) is 5.48. The maximum Gasteiger partial charge on any atom is 0.354 e. The number of ether oxygens (including phenoxy) is 1. The van der Waals surface area contributed by atoms with Gasteiger partial charge in [0, 0.05) is 6.54 Å². The van der Waals surface area contributed by atoms with Gasteiger partial charge in [-0.25, -0.2) is 4.79 Å². The molecule has 0 aromatic carbocycles. The predicted molar refractivity (Wildman–Crippen MR) is 60.5 cm³/mol. The number of β-lactam (4-membered cyclic amide) rings is 1. The van der Waals surface area contributed by atoms with Gasteiger partial charge in [0.2, 0.25) is 5.91 Å². The van der Waals surface area contributed by atoms with E-state index in [0.29, 0.717) is 18.8 Å². The zero-order chi connectivity index (χ0) is 12.5. The van der Waals surface area contributed by atoms with Crippen molar-refractivity contribution in [3.05, 3.63) is 11.3 Å². The second-order valence-corrected chi connectivity index (χ2v) is 4.84. The minimum absolute atomic E-state index is 0.0169. The molecule has 1 amide bonds. The standard InChI is InChI=1S/C12H19NO3/c1-6-16-10(14)9(8(2)3)13-7-12(4,5)11(13)15/h6-7H2,1-5H3. The molecular formula is C12H19NO3. The molecule has 1 fully saturated rings. The first-order valence-electron chi connectivity index (χ1n) is 5.48. The van der Waals surface area contributed by atoms with Crippen molar-refractivity contribution in [2.45, 2.75) is 34.6 Å². The second-order valence-electron chi connectivity index (χ2n) is 4.84. The Labute approximate surface area is 96.3 Å². The van der Waals surface area contributed by atoms with Crippen LogP contribution in [0.3, 0.4) is 0 Å². The highest BCUT2D eigenvalue weighted by Crippen LogP contribution is 2.34. The zero-order valence-corrected chi connectivity index (χ0v) is 10.6. The quantitative estimate of drug-likeness (QED) is 0.417. The maximum atomic E-state index is 11.8. The third-order valence-electron chi connectivity index (χ3n) is 2.59. The van der Waals surface area contributed by atoms with Crippen molar-refractivity contribution >= 4 is 11.9 Å². The van der Waals surface area contributed by atoms with Crippen molar-refractivity contribution in [3.8, 4) is 0 Å². The number of esters is 1. The molecule has 0 spiro atoms. The van der Waals surface area contributed by atoms with Gasteiger partial charge in [-0.15, -0.1) is 0 Å². The molecule has 1 heterocycles. The van der Waals surface area contributed by atoms with Crippen LogP contribution >= 0.6 is 0 Å². The SMILES string of the molecule is CCOC(=O)C(=C(C)C)N1CC(C)(C)C1=O. The molecule has 0 aromatic rings. The zero-order valence-electron chi connectivity index (χ0n) is 10.6. The number of rotatable bonds is 3. The summed E-state index contributed by atoms with van der Waals surface area (Å²) in [5.41, 5.74) is 0.848. The van der Waals surface area contributed by atoms with Crippen LogP contribution in [0, 0.1) is 5.41 Å². The Morgan fingerprint density at radius 1 is 1.44 bits per heavy atom. The van der Waals surface area contributed by atoms with Gasteiger partial charge < -0.3 is 9.64 Å². The fourth-order valence-electron chi connectivity index (χ4n) is 1.77. The number of nitrogens with zero attached hydrogens (tertiary/aromatic N) is 1. The number of amides is 1. The van der Waals surface area contributed by atoms with E-state index in [2.05, 4.69) is 0 Å². The smallest absolute Gasteiger partial charge is 0.354 e. The van der Waals surface area contributed by atoms with E-state index < -0.39 is 5.97 Å². The molecule has 0 bridgehead atoms. The van der Waals surface area contributed by atoms with E-state index in [1.807, 2.05) is 27.7 Å². The Balaban J connectivity index is 2.89. The number of hydrogen-bond acceptors (Lipinski definition) is 3. The van der Waals surface area contributed by atoms with Crippen LogP contribution in [-0.2, 0) is 14.3 Å². The van der Waals surface area contributed by atoms with Gasteiger partial charge in [0.1, 0.15) is 5.70 Å². The van der Waals surface area contributed by atoms with Crippen LogP contribution in [0.15, 0.2) is 11.3 Å². The van der Waals surface area contributed by atoms with Crippen molar-refractivity contribution < 1.29 is 14.3 Å². The molecule has 1 saturated heterocycles. The lowest BCUT2D eigenvalue weighted by Crippen LogP contribution is -2.58. The monoisotopic (exact) mass is 225 g/mol. The van der Waals surface area contributed by atoms with Crippen molar-refractivity contribution in [2.75, 3.05) is 13.2 Å². The van der Waals surface area contributed by atoms with Crippen LogP contribution < -0.4 is 0 Å². The molecule has 0 saturated carbocycles. The molecule has 0 atom stereocenters. The van der Waals surface area contributed by atoms with Gasteiger partial charge in [-0.2, -0.15) is 0 Å². The summed E-state index contributed by atoms with van der Waals surface area (Å²) in [5.74, 6) is -0.428. The third kappa shape index (κ3) is 2.10. The number of allylic oxidation sites excluding steroid dienone is 1. The fourth-order valence-corrected chi connectivity index (χ4v) is 1.77. The minimum Gasteiger partial charge on any atom is -0.461 e. The number of carbonyl (C=O) groups excluding carboxylic acids is 2. The molecule has 90 valence electrons. The van der Waals surface area contributed by atoms with E-state index in [-0.39, 0.29) is 11.3 Å². The summed E-state index contributed by atoms with van der Waals surface area (Å²) in [5, 5.41) is 0. The average Bonchev–Trinajstić information content (AvgIpc) is 2.16. The molecule has 4 heteroatoms. The van der Waals surface area contributed by atoms with E-state index in [9.17, 15) is 9.59 Å². The summed E-state index contributed by atoms with van der Waals surface area (Å²) >= 11 is 0. The number of carbonyl (C=O) groups is 2. The summed E-state index contributed by atoms with van der Waals surface area (Å²) in [6.07, 6.45) is 0. The van der Waals surface area contributed by atoms with Crippen LogP contribution in [0.25, 0.3) is 0 Å². The van der Waals surface area contributed by atoms with Gasteiger partial charge in [-0.1, -0.05) is 0 Å². The highest BCUT2D eigenvalue weighted by molar-refractivity contribution is 5.99. The lowest BCUT2D eigenvalue weighted by Gasteiger charge is -2.45. The van der Waals surface area contributed by atoms with Crippen molar-refractivity contribution in [1.82, 2.24) is 4.90 Å². The van der Waals surface area contributed by atoms with Gasteiger partial charge in [-0.3, -0.25) is 4.79 Å². The summed E-state index contributed by atoms with van der Waals surface area (Å²) in [4.78, 5) is 25.0. The van der Waals surface area contributed by atoms with E-state index in [0.717, 1.165) is 5.57 Å². The molecule has 1 aliphatic rings. The summed E-state index contributed by atoms with van der Waals surface area (Å²) in [7, 11) is 0. The Morgan fingerprint density at radius 2 is 2.00 bits per heavy atom. The Morgan fingerprint density at radius 3 is 2.31 bits per heavy atom. The molecule has 4 nitrogen and oxygen atoms in total. The Kier molecular flexibility index (Phi) is 3.41. The van der Waals surface area contributed by atoms with Crippen LogP contribution in [0.5, 0.6) is 0 Å². The van der Waals surface area contributed by atoms with Gasteiger partial charge in [0.25, 0.3) is 0 Å². The Hall–Kier alpha value is -1.32. The third-order valence-corrected chi connectivity index (χ3v) is 2.59. The van der Waals surface area contributed by atoms with Crippen LogP contribution in [0.4, 0.5) is 0 Å². The largest absolute Gasteiger partial charge is 0.461 e. The number of likely N-dealkylation sites (tertiary alicyclic amines) is 1. The van der Waals surface area contributed by atoms with Crippen molar-refractivity contribution in [2.24, 2.45) is 5.41 Å². The topological polar surface area (TPSA) is 46.6 Å². The fraction of sp³-hybridized carbons (Fsp3) is 0.667. The summed E-state index contributed by atoms with van der Waals surface area (Å²) in [6, 6.07) is 0. The molecule has 16 heavy (non-hydrogen) atoms. The molecule has 1 aliphatic heterocycles. The Bertz CT molecular complexity index is 351. The minimum atomic E-state index is -0.411. The lowest BCUT2D eigenvalue weighted by atomic mass is 9.82. The molecule has 0 radical (unpaired) electrons. The maximum absolute atomic E-state index is 11.8. The van der Waals surface area contributed by atoms with E-state index >= 15 is 0 Å². The molecular weight excluding hydrogens is 206 g/mol. The van der Waals surface area contributed by atoms with Gasteiger partial charge in [-0.05, 0) is 40.2 Å². The average molecular weight is 225 g/mol. The molecule has 0 unspecified atom stereocenters. The highest BCUT2D eigenvalue weighted by atomic mass is 16.5. The molecule has 0 aromatic heterocycles. The molecule has 1 rings (SSSR count). The molecule has 0 N–H and O–H groups in total. The lowest BCUT2D eigenvalue weighted by molar-refractivity contribution is -0.158. The van der Waals surface area contributed by atoms with Crippen LogP contribution in [0.1, 0.15) is 34.6 Å². The first-order chi connectivity index (χ1) is 7.31. The van der Waals surface area contributed by atoms with Gasteiger partial charge >= 0.3 is 5.97 Å². The summed E-state index contributed by atoms with van der Waals surface area (Å²) < 4.78 is 4.95. The van der Waals surface area contributed by atoms with E-state index in [4.69, 9.17) is 4.74 Å². The molecule has 0 aliphatic carbocycles. The van der Waals surface area contributed by atoms with Crippen molar-refractivity contribution in [1.29, 1.82) is 0 Å². The second kappa shape index (κ2) is 4.28. The predicted octanol–water partition coefficient (Wildman–Crippen LogP) is 1.71. The normalized spacial score (nSPS) is 17.8. The van der Waals surface area contributed by atoms with Crippen LogP contribution in [0.2, 0.25) is 0 Å². The van der Waals surface area contributed by atoms with Crippen LogP contribution in [-0.4, -0.2) is 29.9 Å².